The Labute approximate surface area is 113 Å². The van der Waals surface area contributed by atoms with Gasteiger partial charge in [0.2, 0.25) is 11.8 Å². The predicted molar refractivity (Wildman–Crippen MR) is 71.1 cm³/mol. The summed E-state index contributed by atoms with van der Waals surface area (Å²) >= 11 is 0. The van der Waals surface area contributed by atoms with E-state index in [0.29, 0.717) is 18.4 Å². The lowest BCUT2D eigenvalue weighted by molar-refractivity contribution is -0.134. The minimum absolute atomic E-state index is 0.220. The molecule has 0 radical (unpaired) electrons. The Morgan fingerprint density at radius 3 is 2.90 bits per heavy atom. The van der Waals surface area contributed by atoms with Crippen LogP contribution in [-0.2, 0) is 9.59 Å². The van der Waals surface area contributed by atoms with Crippen molar-refractivity contribution in [2.75, 3.05) is 0 Å². The summed E-state index contributed by atoms with van der Waals surface area (Å²) in [7, 11) is 0. The summed E-state index contributed by atoms with van der Waals surface area (Å²) in [5, 5.41) is 4.16. The fourth-order valence-electron chi connectivity index (χ4n) is 2.82. The van der Waals surface area contributed by atoms with Crippen LogP contribution >= 0.6 is 0 Å². The van der Waals surface area contributed by atoms with E-state index in [9.17, 15) is 9.59 Å². The van der Waals surface area contributed by atoms with E-state index < -0.39 is 0 Å². The van der Waals surface area contributed by atoms with Gasteiger partial charge in [0.25, 0.3) is 0 Å². The minimum Gasteiger partial charge on any atom is -0.464 e. The molecule has 1 aliphatic heterocycles. The lowest BCUT2D eigenvalue weighted by Crippen LogP contribution is -2.39. The van der Waals surface area contributed by atoms with Crippen LogP contribution in [0, 0.1) is 0 Å². The van der Waals surface area contributed by atoms with Crippen molar-refractivity contribution in [3.05, 3.63) is 36.3 Å². The van der Waals surface area contributed by atoms with Crippen LogP contribution in [0.2, 0.25) is 0 Å². The van der Waals surface area contributed by atoms with Gasteiger partial charge in [-0.15, -0.1) is 0 Å². The van der Waals surface area contributed by atoms with Crippen molar-refractivity contribution in [2.24, 2.45) is 0 Å². The predicted octanol–water partition coefficient (Wildman–Crippen LogP) is 2.70. The number of hydrogen-bond donors (Lipinski definition) is 1. The first-order valence-corrected chi connectivity index (χ1v) is 6.45. The number of fused-ring (bicyclic) bond motifs is 3. The number of piperidine rings is 1. The first kappa shape index (κ1) is 11.3. The van der Waals surface area contributed by atoms with E-state index in [1.54, 1.807) is 12.5 Å². The quantitative estimate of drug-likeness (QED) is 0.689. The van der Waals surface area contributed by atoms with Crippen LogP contribution in [0.1, 0.15) is 24.3 Å². The highest BCUT2D eigenvalue weighted by atomic mass is 16.3. The normalized spacial score (nSPS) is 19.7. The zero-order valence-corrected chi connectivity index (χ0v) is 10.5. The summed E-state index contributed by atoms with van der Waals surface area (Å²) in [4.78, 5) is 23.3. The zero-order valence-electron chi connectivity index (χ0n) is 10.5. The van der Waals surface area contributed by atoms with E-state index in [1.807, 2.05) is 18.2 Å². The van der Waals surface area contributed by atoms with E-state index in [-0.39, 0.29) is 17.7 Å². The SMILES string of the molecule is O=C1CC[C@@H](c2coc3ccc4ccoc4c23)C(=O)N1. The third kappa shape index (κ3) is 1.49. The molecule has 1 fully saturated rings. The summed E-state index contributed by atoms with van der Waals surface area (Å²) in [6.45, 7) is 0. The molecule has 2 aromatic heterocycles. The van der Waals surface area contributed by atoms with E-state index >= 15 is 0 Å². The van der Waals surface area contributed by atoms with Crippen molar-refractivity contribution in [3.8, 4) is 0 Å². The van der Waals surface area contributed by atoms with Gasteiger partial charge in [0.1, 0.15) is 11.2 Å². The van der Waals surface area contributed by atoms with E-state index in [0.717, 1.165) is 21.9 Å². The van der Waals surface area contributed by atoms with Gasteiger partial charge >= 0.3 is 0 Å². The van der Waals surface area contributed by atoms with Gasteiger partial charge in [0.05, 0.1) is 23.8 Å². The summed E-state index contributed by atoms with van der Waals surface area (Å²) < 4.78 is 11.0. The first-order valence-electron chi connectivity index (χ1n) is 6.45. The van der Waals surface area contributed by atoms with Crippen molar-refractivity contribution in [3.63, 3.8) is 0 Å². The first-order chi connectivity index (χ1) is 9.74. The molecule has 0 unspecified atom stereocenters. The Morgan fingerprint density at radius 2 is 2.05 bits per heavy atom. The number of amides is 2. The third-order valence-electron chi connectivity index (χ3n) is 3.80. The van der Waals surface area contributed by atoms with Crippen LogP contribution in [-0.4, -0.2) is 11.8 Å². The number of imide groups is 1. The highest BCUT2D eigenvalue weighted by Crippen LogP contribution is 2.36. The highest BCUT2D eigenvalue weighted by Gasteiger charge is 2.31. The average molecular weight is 269 g/mol. The standard InChI is InChI=1S/C15H11NO4/c17-12-4-2-9(15(18)16-12)10-7-20-11-3-1-8-5-6-19-14(8)13(10)11/h1,3,5-7,9H,2,4H2,(H,16,17,18)/t9-/m0/s1. The van der Waals surface area contributed by atoms with Crippen molar-refractivity contribution in [1.82, 2.24) is 5.32 Å². The lowest BCUT2D eigenvalue weighted by atomic mass is 9.90. The molecular formula is C15H11NO4. The third-order valence-corrected chi connectivity index (χ3v) is 3.80. The van der Waals surface area contributed by atoms with Crippen molar-refractivity contribution in [1.29, 1.82) is 0 Å². The molecule has 0 bridgehead atoms. The molecule has 0 saturated carbocycles. The Hall–Kier alpha value is -2.56. The topological polar surface area (TPSA) is 72.5 Å². The molecule has 0 aliphatic carbocycles. The molecule has 3 aromatic rings. The van der Waals surface area contributed by atoms with Crippen LogP contribution in [0.15, 0.2) is 39.6 Å². The molecule has 100 valence electrons. The molecule has 1 saturated heterocycles. The van der Waals surface area contributed by atoms with Crippen molar-refractivity contribution in [2.45, 2.75) is 18.8 Å². The maximum Gasteiger partial charge on any atom is 0.234 e. The summed E-state index contributed by atoms with van der Waals surface area (Å²) in [5.41, 5.74) is 2.19. The number of hydrogen-bond acceptors (Lipinski definition) is 4. The largest absolute Gasteiger partial charge is 0.464 e. The van der Waals surface area contributed by atoms with Crippen LogP contribution in [0.4, 0.5) is 0 Å². The highest BCUT2D eigenvalue weighted by molar-refractivity contribution is 6.08. The monoisotopic (exact) mass is 269 g/mol. The average Bonchev–Trinajstić information content (AvgIpc) is 3.03. The Morgan fingerprint density at radius 1 is 1.15 bits per heavy atom. The molecule has 1 N–H and O–H groups in total. The van der Waals surface area contributed by atoms with Crippen molar-refractivity contribution < 1.29 is 18.4 Å². The van der Waals surface area contributed by atoms with Crippen LogP contribution in [0.5, 0.6) is 0 Å². The number of rotatable bonds is 1. The molecule has 4 rings (SSSR count). The fourth-order valence-corrected chi connectivity index (χ4v) is 2.82. The van der Waals surface area contributed by atoms with Gasteiger partial charge in [0, 0.05) is 17.4 Å². The van der Waals surface area contributed by atoms with Crippen molar-refractivity contribution >= 4 is 33.8 Å². The van der Waals surface area contributed by atoms with Gasteiger partial charge in [-0.05, 0) is 24.6 Å². The molecule has 1 aliphatic rings. The second-order valence-electron chi connectivity index (χ2n) is 4.97. The Kier molecular flexibility index (Phi) is 2.24. The van der Waals surface area contributed by atoms with Gasteiger partial charge in [-0.2, -0.15) is 0 Å². The number of benzene rings is 1. The Bertz CT molecular complexity index is 842. The molecule has 1 atom stereocenters. The van der Waals surface area contributed by atoms with Gasteiger partial charge in [-0.3, -0.25) is 14.9 Å². The van der Waals surface area contributed by atoms with E-state index in [1.165, 1.54) is 0 Å². The number of furan rings is 2. The zero-order chi connectivity index (χ0) is 13.7. The summed E-state index contributed by atoms with van der Waals surface area (Å²) in [5.74, 6) is -0.862. The molecule has 5 nitrogen and oxygen atoms in total. The minimum atomic E-state index is -0.371. The Balaban J connectivity index is 1.93. The maximum atomic E-state index is 12.0. The molecule has 0 spiro atoms. The summed E-state index contributed by atoms with van der Waals surface area (Å²) in [6, 6.07) is 5.65. The van der Waals surface area contributed by atoms with Crippen LogP contribution < -0.4 is 5.32 Å². The van der Waals surface area contributed by atoms with Crippen LogP contribution in [0.25, 0.3) is 21.9 Å². The smallest absolute Gasteiger partial charge is 0.234 e. The van der Waals surface area contributed by atoms with E-state index in [2.05, 4.69) is 5.32 Å². The van der Waals surface area contributed by atoms with Crippen LogP contribution in [0.3, 0.4) is 0 Å². The molecule has 20 heavy (non-hydrogen) atoms. The molecular weight excluding hydrogens is 258 g/mol. The fraction of sp³-hybridized carbons (Fsp3) is 0.200. The second-order valence-corrected chi connectivity index (χ2v) is 4.97. The molecule has 1 aromatic carbocycles. The number of carbonyl (C=O) groups is 2. The summed E-state index contributed by atoms with van der Waals surface area (Å²) in [6.07, 6.45) is 4.05. The number of carbonyl (C=O) groups excluding carboxylic acids is 2. The van der Waals surface area contributed by atoms with Gasteiger partial charge in [-0.25, -0.2) is 0 Å². The van der Waals surface area contributed by atoms with E-state index in [4.69, 9.17) is 8.83 Å². The molecule has 5 heteroatoms. The molecule has 2 amide bonds. The van der Waals surface area contributed by atoms with Gasteiger partial charge in [-0.1, -0.05) is 0 Å². The second kappa shape index (κ2) is 3.96. The lowest BCUT2D eigenvalue weighted by Gasteiger charge is -2.19. The molecule has 3 heterocycles. The van der Waals surface area contributed by atoms with Gasteiger partial charge in [0.15, 0.2) is 0 Å². The maximum absolute atomic E-state index is 12.0. The number of nitrogens with one attached hydrogen (secondary N) is 1. The van der Waals surface area contributed by atoms with Gasteiger partial charge < -0.3 is 8.83 Å².